The van der Waals surface area contributed by atoms with E-state index >= 15 is 0 Å². The van der Waals surface area contributed by atoms with Gasteiger partial charge in [0.1, 0.15) is 5.75 Å². The van der Waals surface area contributed by atoms with Crippen LogP contribution in [0.3, 0.4) is 0 Å². The van der Waals surface area contributed by atoms with Gasteiger partial charge >= 0.3 is 0 Å². The van der Waals surface area contributed by atoms with Gasteiger partial charge in [-0.15, -0.1) is 0 Å². The molecule has 1 saturated carbocycles. The number of ether oxygens (including phenoxy) is 1. The van der Waals surface area contributed by atoms with E-state index in [0.29, 0.717) is 12.0 Å². The molecule has 0 amide bonds. The molecule has 1 fully saturated rings. The molecule has 2 aromatic rings. The van der Waals surface area contributed by atoms with Crippen molar-refractivity contribution in [3.8, 4) is 5.75 Å². The SMILES string of the molecule is COc1cccc(NC2CC(c3cccc(C)c3)C2)c1. The number of methoxy groups -OCH3 is 1. The van der Waals surface area contributed by atoms with Crippen LogP contribution in [0.4, 0.5) is 5.69 Å². The van der Waals surface area contributed by atoms with E-state index in [2.05, 4.69) is 48.6 Å². The number of aryl methyl sites for hydroxylation is 1. The minimum atomic E-state index is 0.576. The molecule has 1 aliphatic rings. The Balaban J connectivity index is 1.58. The van der Waals surface area contributed by atoms with Crippen LogP contribution in [0.15, 0.2) is 48.5 Å². The lowest BCUT2D eigenvalue weighted by Gasteiger charge is -2.37. The van der Waals surface area contributed by atoms with Crippen molar-refractivity contribution in [3.05, 3.63) is 59.7 Å². The van der Waals surface area contributed by atoms with Gasteiger partial charge < -0.3 is 10.1 Å². The van der Waals surface area contributed by atoms with E-state index in [1.54, 1.807) is 7.11 Å². The van der Waals surface area contributed by atoms with Crippen LogP contribution in [0.5, 0.6) is 5.75 Å². The third kappa shape index (κ3) is 2.79. The van der Waals surface area contributed by atoms with Crippen LogP contribution in [0.1, 0.15) is 29.9 Å². The van der Waals surface area contributed by atoms with Crippen molar-refractivity contribution in [3.63, 3.8) is 0 Å². The van der Waals surface area contributed by atoms with Gasteiger partial charge in [-0.05, 0) is 43.4 Å². The zero-order chi connectivity index (χ0) is 13.9. The van der Waals surface area contributed by atoms with Crippen molar-refractivity contribution in [2.45, 2.75) is 31.7 Å². The minimum Gasteiger partial charge on any atom is -0.497 e. The lowest BCUT2D eigenvalue weighted by molar-refractivity contribution is 0.373. The molecule has 0 atom stereocenters. The zero-order valence-electron chi connectivity index (χ0n) is 12.1. The number of hydrogen-bond acceptors (Lipinski definition) is 2. The number of nitrogens with one attached hydrogen (secondary N) is 1. The number of anilines is 1. The van der Waals surface area contributed by atoms with Gasteiger partial charge in [-0.1, -0.05) is 35.9 Å². The molecule has 0 unspecified atom stereocenters. The molecule has 0 saturated heterocycles. The Labute approximate surface area is 120 Å². The molecule has 0 bridgehead atoms. The van der Waals surface area contributed by atoms with E-state index in [1.807, 2.05) is 12.1 Å². The minimum absolute atomic E-state index is 0.576. The fraction of sp³-hybridized carbons (Fsp3) is 0.333. The molecule has 0 spiro atoms. The summed E-state index contributed by atoms with van der Waals surface area (Å²) in [5, 5.41) is 3.59. The summed E-state index contributed by atoms with van der Waals surface area (Å²) in [5.74, 6) is 1.61. The van der Waals surface area contributed by atoms with Gasteiger partial charge in [0.05, 0.1) is 7.11 Å². The maximum absolute atomic E-state index is 5.25. The maximum Gasteiger partial charge on any atom is 0.120 e. The van der Waals surface area contributed by atoms with Gasteiger partial charge in [-0.2, -0.15) is 0 Å². The highest BCUT2D eigenvalue weighted by atomic mass is 16.5. The molecule has 2 aromatic carbocycles. The summed E-state index contributed by atoms with van der Waals surface area (Å²) in [5.41, 5.74) is 3.98. The lowest BCUT2D eigenvalue weighted by atomic mass is 9.75. The lowest BCUT2D eigenvalue weighted by Crippen LogP contribution is -2.34. The molecular formula is C18H21NO. The number of benzene rings is 2. The van der Waals surface area contributed by atoms with Crippen LogP contribution >= 0.6 is 0 Å². The Morgan fingerprint density at radius 1 is 1.05 bits per heavy atom. The van der Waals surface area contributed by atoms with Crippen molar-refractivity contribution in [1.82, 2.24) is 0 Å². The van der Waals surface area contributed by atoms with Crippen molar-refractivity contribution in [2.75, 3.05) is 12.4 Å². The smallest absolute Gasteiger partial charge is 0.120 e. The first kappa shape index (κ1) is 13.0. The standard InChI is InChI=1S/C18H21NO/c1-13-5-3-6-14(9-13)15-10-17(11-15)19-16-7-4-8-18(12-16)20-2/h3-9,12,15,17,19H,10-11H2,1-2H3. The van der Waals surface area contributed by atoms with Crippen LogP contribution in [-0.4, -0.2) is 13.2 Å². The monoisotopic (exact) mass is 267 g/mol. The molecule has 0 aromatic heterocycles. The number of hydrogen-bond donors (Lipinski definition) is 1. The molecular weight excluding hydrogens is 246 g/mol. The molecule has 20 heavy (non-hydrogen) atoms. The zero-order valence-corrected chi connectivity index (χ0v) is 12.1. The Morgan fingerprint density at radius 2 is 1.85 bits per heavy atom. The highest BCUT2D eigenvalue weighted by Crippen LogP contribution is 2.38. The van der Waals surface area contributed by atoms with E-state index in [-0.39, 0.29) is 0 Å². The Kier molecular flexibility index (Phi) is 3.64. The second-order valence-electron chi connectivity index (χ2n) is 5.66. The van der Waals surface area contributed by atoms with Gasteiger partial charge in [0.15, 0.2) is 0 Å². The summed E-state index contributed by atoms with van der Waals surface area (Å²) in [6, 6.07) is 17.6. The number of rotatable bonds is 4. The molecule has 2 nitrogen and oxygen atoms in total. The Hall–Kier alpha value is -1.96. The van der Waals surface area contributed by atoms with Crippen LogP contribution in [-0.2, 0) is 0 Å². The fourth-order valence-electron chi connectivity index (χ4n) is 2.88. The molecule has 0 aliphatic heterocycles. The summed E-state index contributed by atoms with van der Waals surface area (Å²) >= 11 is 0. The molecule has 1 N–H and O–H groups in total. The van der Waals surface area contributed by atoms with E-state index in [9.17, 15) is 0 Å². The third-order valence-electron chi connectivity index (χ3n) is 4.09. The summed E-state index contributed by atoms with van der Waals surface area (Å²) in [6.07, 6.45) is 2.42. The van der Waals surface area contributed by atoms with Gasteiger partial charge in [-0.25, -0.2) is 0 Å². The van der Waals surface area contributed by atoms with E-state index in [1.165, 1.54) is 24.0 Å². The molecule has 3 rings (SSSR count). The van der Waals surface area contributed by atoms with Crippen LogP contribution in [0, 0.1) is 6.92 Å². The normalized spacial score (nSPS) is 21.1. The van der Waals surface area contributed by atoms with Crippen molar-refractivity contribution in [1.29, 1.82) is 0 Å². The second kappa shape index (κ2) is 5.58. The average Bonchev–Trinajstić information content (AvgIpc) is 2.42. The molecule has 0 heterocycles. The van der Waals surface area contributed by atoms with E-state index in [0.717, 1.165) is 11.4 Å². The van der Waals surface area contributed by atoms with Gasteiger partial charge in [0.2, 0.25) is 0 Å². The topological polar surface area (TPSA) is 21.3 Å². The quantitative estimate of drug-likeness (QED) is 0.888. The first-order valence-corrected chi connectivity index (χ1v) is 7.22. The molecule has 1 aliphatic carbocycles. The van der Waals surface area contributed by atoms with Crippen LogP contribution in [0.25, 0.3) is 0 Å². The Bertz CT molecular complexity index is 587. The predicted octanol–water partition coefficient (Wildman–Crippen LogP) is 4.36. The van der Waals surface area contributed by atoms with Crippen molar-refractivity contribution < 1.29 is 4.74 Å². The summed E-state index contributed by atoms with van der Waals surface area (Å²) < 4.78 is 5.25. The first-order chi connectivity index (χ1) is 9.74. The van der Waals surface area contributed by atoms with Crippen LogP contribution in [0.2, 0.25) is 0 Å². The molecule has 2 heteroatoms. The highest BCUT2D eigenvalue weighted by Gasteiger charge is 2.30. The highest BCUT2D eigenvalue weighted by molar-refractivity contribution is 5.49. The fourth-order valence-corrected chi connectivity index (χ4v) is 2.88. The van der Waals surface area contributed by atoms with Crippen LogP contribution < -0.4 is 10.1 Å². The second-order valence-corrected chi connectivity index (χ2v) is 5.66. The van der Waals surface area contributed by atoms with Crippen molar-refractivity contribution >= 4 is 5.69 Å². The molecule has 0 radical (unpaired) electrons. The largest absolute Gasteiger partial charge is 0.497 e. The Morgan fingerprint density at radius 3 is 2.60 bits per heavy atom. The van der Waals surface area contributed by atoms with Gasteiger partial charge in [0, 0.05) is 17.8 Å². The summed E-state index contributed by atoms with van der Waals surface area (Å²) in [4.78, 5) is 0. The molecule has 104 valence electrons. The van der Waals surface area contributed by atoms with Gasteiger partial charge in [0.25, 0.3) is 0 Å². The maximum atomic E-state index is 5.25. The average molecular weight is 267 g/mol. The first-order valence-electron chi connectivity index (χ1n) is 7.22. The summed E-state index contributed by atoms with van der Waals surface area (Å²) in [6.45, 7) is 2.16. The van der Waals surface area contributed by atoms with Crippen molar-refractivity contribution in [2.24, 2.45) is 0 Å². The van der Waals surface area contributed by atoms with E-state index < -0.39 is 0 Å². The predicted molar refractivity (Wildman–Crippen MR) is 83.6 cm³/mol. The summed E-state index contributed by atoms with van der Waals surface area (Å²) in [7, 11) is 1.70. The van der Waals surface area contributed by atoms with Gasteiger partial charge in [-0.3, -0.25) is 0 Å². The van der Waals surface area contributed by atoms with E-state index in [4.69, 9.17) is 4.74 Å². The third-order valence-corrected chi connectivity index (χ3v) is 4.09.